The lowest BCUT2D eigenvalue weighted by Crippen LogP contribution is -2.46. The fourth-order valence-corrected chi connectivity index (χ4v) is 2.01. The summed E-state index contributed by atoms with van der Waals surface area (Å²) < 4.78 is 9.56. The molecule has 0 aromatic carbocycles. The van der Waals surface area contributed by atoms with Crippen molar-refractivity contribution in [2.24, 2.45) is 0 Å². The zero-order valence-corrected chi connectivity index (χ0v) is 10.8. The Labute approximate surface area is 110 Å². The Hall–Kier alpha value is -2.05. The zero-order chi connectivity index (χ0) is 13.7. The van der Waals surface area contributed by atoms with Gasteiger partial charge in [-0.25, -0.2) is 4.79 Å². The summed E-state index contributed by atoms with van der Waals surface area (Å²) in [5, 5.41) is 6.38. The molecule has 7 heteroatoms. The minimum absolute atomic E-state index is 0.0630. The monoisotopic (exact) mass is 267 g/mol. The molecule has 2 amide bonds. The normalized spacial score (nSPS) is 16.2. The molecule has 104 valence electrons. The van der Waals surface area contributed by atoms with Crippen LogP contribution < -0.4 is 5.32 Å². The van der Waals surface area contributed by atoms with E-state index >= 15 is 0 Å². The number of nitrogens with zero attached hydrogens (tertiary/aromatic N) is 2. The van der Waals surface area contributed by atoms with E-state index < -0.39 is 0 Å². The predicted molar refractivity (Wildman–Crippen MR) is 65.6 cm³/mol. The van der Waals surface area contributed by atoms with E-state index in [4.69, 9.17) is 4.74 Å². The van der Waals surface area contributed by atoms with Gasteiger partial charge < -0.3 is 19.5 Å². The first-order chi connectivity index (χ1) is 9.20. The topological polar surface area (TPSA) is 84.7 Å². The molecule has 0 radical (unpaired) electrons. The summed E-state index contributed by atoms with van der Waals surface area (Å²) in [5.74, 6) is -0.198. The highest BCUT2D eigenvalue weighted by molar-refractivity contribution is 5.93. The number of hydrogen-bond donors (Lipinski definition) is 1. The molecule has 0 saturated carbocycles. The maximum atomic E-state index is 11.8. The minimum Gasteiger partial charge on any atom is -0.450 e. The summed E-state index contributed by atoms with van der Waals surface area (Å²) in [5.41, 5.74) is 0.410. The molecule has 19 heavy (non-hydrogen) atoms. The van der Waals surface area contributed by atoms with Crippen LogP contribution in [0.1, 0.15) is 30.1 Å². The van der Waals surface area contributed by atoms with Crippen LogP contribution in [0.2, 0.25) is 0 Å². The minimum atomic E-state index is -0.286. The van der Waals surface area contributed by atoms with Gasteiger partial charge in [-0.05, 0) is 19.8 Å². The quantitative estimate of drug-likeness (QED) is 0.884. The molecule has 0 bridgehead atoms. The van der Waals surface area contributed by atoms with Crippen molar-refractivity contribution in [3.05, 3.63) is 18.0 Å². The second-order valence-electron chi connectivity index (χ2n) is 4.35. The Morgan fingerprint density at radius 3 is 2.84 bits per heavy atom. The molecule has 2 heterocycles. The molecule has 1 fully saturated rings. The van der Waals surface area contributed by atoms with E-state index in [1.165, 1.54) is 12.5 Å². The molecule has 1 N–H and O–H groups in total. The largest absolute Gasteiger partial charge is 0.450 e. The molecule has 1 aliphatic rings. The third-order valence-corrected chi connectivity index (χ3v) is 3.05. The Bertz CT molecular complexity index is 424. The predicted octanol–water partition coefficient (Wildman–Crippen LogP) is 1.03. The lowest BCUT2D eigenvalue weighted by atomic mass is 10.1. The van der Waals surface area contributed by atoms with Gasteiger partial charge in [-0.15, -0.1) is 0 Å². The SMILES string of the molecule is CCOC(=O)N1CCC(NC(=O)c2cnoc2)CC1. The van der Waals surface area contributed by atoms with Gasteiger partial charge in [0, 0.05) is 19.1 Å². The highest BCUT2D eigenvalue weighted by Crippen LogP contribution is 2.12. The van der Waals surface area contributed by atoms with Crippen molar-refractivity contribution < 1.29 is 18.8 Å². The van der Waals surface area contributed by atoms with Gasteiger partial charge in [0.1, 0.15) is 6.26 Å². The van der Waals surface area contributed by atoms with Crippen LogP contribution in [-0.2, 0) is 4.74 Å². The second-order valence-corrected chi connectivity index (χ2v) is 4.35. The van der Waals surface area contributed by atoms with E-state index in [-0.39, 0.29) is 18.0 Å². The van der Waals surface area contributed by atoms with Gasteiger partial charge in [-0.2, -0.15) is 0 Å². The number of aromatic nitrogens is 1. The lowest BCUT2D eigenvalue weighted by molar-refractivity contribution is 0.0859. The van der Waals surface area contributed by atoms with Crippen molar-refractivity contribution in [2.75, 3.05) is 19.7 Å². The van der Waals surface area contributed by atoms with Gasteiger partial charge in [0.05, 0.1) is 18.4 Å². The summed E-state index contributed by atoms with van der Waals surface area (Å²) in [6.45, 7) is 3.34. The standard InChI is InChI=1S/C12H17N3O4/c1-2-18-12(17)15-5-3-10(4-6-15)14-11(16)9-7-13-19-8-9/h7-8,10H,2-6H2,1H3,(H,14,16). The number of carbonyl (C=O) groups excluding carboxylic acids is 2. The molecule has 7 nitrogen and oxygen atoms in total. The average molecular weight is 267 g/mol. The molecule has 1 aromatic rings. The van der Waals surface area contributed by atoms with Crippen molar-refractivity contribution in [3.63, 3.8) is 0 Å². The third kappa shape index (κ3) is 3.46. The molecule has 1 aliphatic heterocycles. The first-order valence-corrected chi connectivity index (χ1v) is 6.32. The van der Waals surface area contributed by atoms with Crippen LogP contribution in [0.5, 0.6) is 0 Å². The van der Waals surface area contributed by atoms with Crippen LogP contribution in [0.25, 0.3) is 0 Å². The molecule has 0 spiro atoms. The van der Waals surface area contributed by atoms with Gasteiger partial charge >= 0.3 is 6.09 Å². The fourth-order valence-electron chi connectivity index (χ4n) is 2.01. The van der Waals surface area contributed by atoms with Crippen molar-refractivity contribution in [1.82, 2.24) is 15.4 Å². The first-order valence-electron chi connectivity index (χ1n) is 6.32. The summed E-state index contributed by atoms with van der Waals surface area (Å²) in [7, 11) is 0. The summed E-state index contributed by atoms with van der Waals surface area (Å²) in [6.07, 6.45) is 3.84. The number of carbonyl (C=O) groups is 2. The van der Waals surface area contributed by atoms with E-state index in [2.05, 4.69) is 15.0 Å². The summed E-state index contributed by atoms with van der Waals surface area (Å²) in [6, 6.07) is 0.0630. The number of amides is 2. The van der Waals surface area contributed by atoms with Crippen LogP contribution in [0.15, 0.2) is 17.0 Å². The first kappa shape index (κ1) is 13.4. The van der Waals surface area contributed by atoms with E-state index in [1.807, 2.05) is 0 Å². The smallest absolute Gasteiger partial charge is 0.409 e. The number of nitrogens with one attached hydrogen (secondary N) is 1. The average Bonchev–Trinajstić information content (AvgIpc) is 2.94. The Morgan fingerprint density at radius 2 is 2.26 bits per heavy atom. The van der Waals surface area contributed by atoms with E-state index in [1.54, 1.807) is 11.8 Å². The van der Waals surface area contributed by atoms with Gasteiger partial charge in [-0.3, -0.25) is 4.79 Å². The number of hydrogen-bond acceptors (Lipinski definition) is 5. The van der Waals surface area contributed by atoms with Crippen molar-refractivity contribution in [1.29, 1.82) is 0 Å². The van der Waals surface area contributed by atoms with E-state index in [0.717, 1.165) is 12.8 Å². The molecular formula is C12H17N3O4. The molecule has 0 aliphatic carbocycles. The zero-order valence-electron chi connectivity index (χ0n) is 10.8. The molecule has 0 unspecified atom stereocenters. The van der Waals surface area contributed by atoms with Crippen molar-refractivity contribution >= 4 is 12.0 Å². The lowest BCUT2D eigenvalue weighted by Gasteiger charge is -2.31. The maximum Gasteiger partial charge on any atom is 0.409 e. The fraction of sp³-hybridized carbons (Fsp3) is 0.583. The van der Waals surface area contributed by atoms with Crippen molar-refractivity contribution in [2.45, 2.75) is 25.8 Å². The van der Waals surface area contributed by atoms with Crippen LogP contribution in [0.4, 0.5) is 4.79 Å². The number of likely N-dealkylation sites (tertiary alicyclic amines) is 1. The number of rotatable bonds is 3. The highest BCUT2D eigenvalue weighted by atomic mass is 16.6. The Balaban J connectivity index is 1.77. The maximum absolute atomic E-state index is 11.8. The van der Waals surface area contributed by atoms with Crippen molar-refractivity contribution in [3.8, 4) is 0 Å². The second kappa shape index (κ2) is 6.21. The van der Waals surface area contributed by atoms with Crippen LogP contribution >= 0.6 is 0 Å². The van der Waals surface area contributed by atoms with Crippen LogP contribution in [0.3, 0.4) is 0 Å². The Morgan fingerprint density at radius 1 is 1.53 bits per heavy atom. The van der Waals surface area contributed by atoms with Crippen LogP contribution in [-0.4, -0.2) is 47.8 Å². The molecular weight excluding hydrogens is 250 g/mol. The molecule has 1 saturated heterocycles. The highest BCUT2D eigenvalue weighted by Gasteiger charge is 2.25. The Kier molecular flexibility index (Phi) is 4.38. The summed E-state index contributed by atoms with van der Waals surface area (Å²) >= 11 is 0. The van der Waals surface area contributed by atoms with Gasteiger partial charge in [-0.1, -0.05) is 5.16 Å². The number of ether oxygens (including phenoxy) is 1. The van der Waals surface area contributed by atoms with E-state index in [9.17, 15) is 9.59 Å². The molecule has 0 atom stereocenters. The third-order valence-electron chi connectivity index (χ3n) is 3.05. The molecule has 2 rings (SSSR count). The molecule has 1 aromatic heterocycles. The van der Waals surface area contributed by atoms with Gasteiger partial charge in [0.2, 0.25) is 0 Å². The number of piperidine rings is 1. The van der Waals surface area contributed by atoms with E-state index in [0.29, 0.717) is 25.3 Å². The van der Waals surface area contributed by atoms with Gasteiger partial charge in [0.25, 0.3) is 5.91 Å². The van der Waals surface area contributed by atoms with Gasteiger partial charge in [0.15, 0.2) is 0 Å². The van der Waals surface area contributed by atoms with Crippen LogP contribution in [0, 0.1) is 0 Å². The summed E-state index contributed by atoms with van der Waals surface area (Å²) in [4.78, 5) is 24.9.